The molecule has 106 valence electrons. The molecular weight excluding hydrogens is 232 g/mol. The molecule has 1 atom stereocenters. The van der Waals surface area contributed by atoms with Crippen LogP contribution in [0.15, 0.2) is 30.3 Å². The van der Waals surface area contributed by atoms with Crippen LogP contribution in [-0.4, -0.2) is 37.1 Å². The van der Waals surface area contributed by atoms with Gasteiger partial charge in [0, 0.05) is 25.7 Å². The number of nitrogens with zero attached hydrogens (tertiary/aromatic N) is 1. The lowest BCUT2D eigenvalue weighted by atomic mass is 10.00. The molecule has 0 saturated carbocycles. The largest absolute Gasteiger partial charge is 0.314 e. The summed E-state index contributed by atoms with van der Waals surface area (Å²) in [5.74, 6) is 0.793. The van der Waals surface area contributed by atoms with Gasteiger partial charge in [0.1, 0.15) is 0 Å². The van der Waals surface area contributed by atoms with Crippen LogP contribution in [0.25, 0.3) is 0 Å². The highest BCUT2D eigenvalue weighted by Crippen LogP contribution is 2.14. The lowest BCUT2D eigenvalue weighted by Crippen LogP contribution is -2.51. The maximum Gasteiger partial charge on any atom is 0.0223 e. The van der Waals surface area contributed by atoms with Gasteiger partial charge in [-0.05, 0) is 37.3 Å². The second-order valence-electron chi connectivity index (χ2n) is 6.11. The highest BCUT2D eigenvalue weighted by molar-refractivity contribution is 5.14. The van der Waals surface area contributed by atoms with Gasteiger partial charge in [-0.2, -0.15) is 0 Å². The standard InChI is InChI=1S/C17H28N2/c1-15(2)13-17-14-18-10-12-19(17)11-6-9-16-7-4-3-5-8-16/h3-5,7-8,15,17-18H,6,9-14H2,1-2H3. The van der Waals surface area contributed by atoms with Crippen LogP contribution in [0.1, 0.15) is 32.3 Å². The molecular formula is C17H28N2. The number of hydrogen-bond acceptors (Lipinski definition) is 2. The van der Waals surface area contributed by atoms with Gasteiger partial charge in [0.05, 0.1) is 0 Å². The topological polar surface area (TPSA) is 15.3 Å². The molecule has 2 rings (SSSR count). The quantitative estimate of drug-likeness (QED) is 0.846. The van der Waals surface area contributed by atoms with Crippen molar-refractivity contribution in [2.75, 3.05) is 26.2 Å². The Morgan fingerprint density at radius 2 is 2.05 bits per heavy atom. The van der Waals surface area contributed by atoms with Crippen LogP contribution in [0.4, 0.5) is 0 Å². The van der Waals surface area contributed by atoms with Crippen LogP contribution in [-0.2, 0) is 6.42 Å². The molecule has 1 aromatic rings. The van der Waals surface area contributed by atoms with Gasteiger partial charge in [0.25, 0.3) is 0 Å². The molecule has 19 heavy (non-hydrogen) atoms. The molecule has 1 fully saturated rings. The molecule has 0 aromatic heterocycles. The smallest absolute Gasteiger partial charge is 0.0223 e. The van der Waals surface area contributed by atoms with Gasteiger partial charge in [-0.25, -0.2) is 0 Å². The van der Waals surface area contributed by atoms with Gasteiger partial charge in [-0.15, -0.1) is 0 Å². The first-order valence-electron chi connectivity index (χ1n) is 7.74. The predicted octanol–water partition coefficient (Wildman–Crippen LogP) is 2.94. The van der Waals surface area contributed by atoms with Crippen molar-refractivity contribution in [3.8, 4) is 0 Å². The molecule has 0 amide bonds. The first-order valence-corrected chi connectivity index (χ1v) is 7.74. The maximum atomic E-state index is 3.54. The van der Waals surface area contributed by atoms with Gasteiger partial charge < -0.3 is 5.32 Å². The van der Waals surface area contributed by atoms with E-state index in [0.29, 0.717) is 0 Å². The summed E-state index contributed by atoms with van der Waals surface area (Å²) in [5.41, 5.74) is 1.47. The zero-order valence-electron chi connectivity index (χ0n) is 12.4. The fourth-order valence-electron chi connectivity index (χ4n) is 3.00. The molecule has 1 N–H and O–H groups in total. The molecule has 1 aliphatic heterocycles. The first kappa shape index (κ1) is 14.5. The van der Waals surface area contributed by atoms with Gasteiger partial charge in [-0.1, -0.05) is 44.2 Å². The van der Waals surface area contributed by atoms with Crippen molar-refractivity contribution in [3.63, 3.8) is 0 Å². The second-order valence-corrected chi connectivity index (χ2v) is 6.11. The Kier molecular flexibility index (Phi) is 5.87. The van der Waals surface area contributed by atoms with Crippen molar-refractivity contribution >= 4 is 0 Å². The Morgan fingerprint density at radius 1 is 1.26 bits per heavy atom. The van der Waals surface area contributed by atoms with E-state index in [1.807, 2.05) is 0 Å². The molecule has 0 spiro atoms. The highest BCUT2D eigenvalue weighted by Gasteiger charge is 2.22. The molecule has 2 heteroatoms. The summed E-state index contributed by atoms with van der Waals surface area (Å²) in [7, 11) is 0. The highest BCUT2D eigenvalue weighted by atomic mass is 15.2. The Bertz CT molecular complexity index is 348. The number of rotatable bonds is 6. The van der Waals surface area contributed by atoms with Crippen molar-refractivity contribution in [1.29, 1.82) is 0 Å². The molecule has 0 radical (unpaired) electrons. The number of benzene rings is 1. The van der Waals surface area contributed by atoms with Crippen molar-refractivity contribution in [3.05, 3.63) is 35.9 Å². The van der Waals surface area contributed by atoms with Crippen LogP contribution in [0, 0.1) is 5.92 Å². The minimum absolute atomic E-state index is 0.740. The average molecular weight is 260 g/mol. The van der Waals surface area contributed by atoms with E-state index in [1.54, 1.807) is 0 Å². The summed E-state index contributed by atoms with van der Waals surface area (Å²) in [4.78, 5) is 2.69. The summed E-state index contributed by atoms with van der Waals surface area (Å²) in [6.45, 7) is 9.44. The van der Waals surface area contributed by atoms with E-state index in [2.05, 4.69) is 54.4 Å². The molecule has 1 aromatic carbocycles. The summed E-state index contributed by atoms with van der Waals surface area (Å²) in [6.07, 6.45) is 3.80. The van der Waals surface area contributed by atoms with E-state index < -0.39 is 0 Å². The fourth-order valence-corrected chi connectivity index (χ4v) is 3.00. The minimum Gasteiger partial charge on any atom is -0.314 e. The van der Waals surface area contributed by atoms with Crippen molar-refractivity contribution in [2.24, 2.45) is 5.92 Å². The predicted molar refractivity (Wildman–Crippen MR) is 82.4 cm³/mol. The SMILES string of the molecule is CC(C)CC1CNCCN1CCCc1ccccc1. The molecule has 1 saturated heterocycles. The van der Waals surface area contributed by atoms with E-state index in [1.165, 1.54) is 44.5 Å². The van der Waals surface area contributed by atoms with E-state index >= 15 is 0 Å². The lowest BCUT2D eigenvalue weighted by Gasteiger charge is -2.37. The summed E-state index contributed by atoms with van der Waals surface area (Å²) >= 11 is 0. The monoisotopic (exact) mass is 260 g/mol. The van der Waals surface area contributed by atoms with E-state index in [9.17, 15) is 0 Å². The zero-order chi connectivity index (χ0) is 13.5. The fraction of sp³-hybridized carbons (Fsp3) is 0.647. The molecule has 2 nitrogen and oxygen atoms in total. The van der Waals surface area contributed by atoms with Crippen molar-refractivity contribution in [1.82, 2.24) is 10.2 Å². The van der Waals surface area contributed by atoms with Crippen molar-refractivity contribution < 1.29 is 0 Å². The number of piperazine rings is 1. The maximum absolute atomic E-state index is 3.54. The second kappa shape index (κ2) is 7.66. The summed E-state index contributed by atoms with van der Waals surface area (Å²) in [6, 6.07) is 11.6. The average Bonchev–Trinajstić information content (AvgIpc) is 2.41. The van der Waals surface area contributed by atoms with Crippen molar-refractivity contribution in [2.45, 2.75) is 39.2 Å². The van der Waals surface area contributed by atoms with Crippen LogP contribution >= 0.6 is 0 Å². The number of nitrogens with one attached hydrogen (secondary N) is 1. The molecule has 1 unspecified atom stereocenters. The van der Waals surface area contributed by atoms with E-state index in [-0.39, 0.29) is 0 Å². The van der Waals surface area contributed by atoms with Crippen LogP contribution in [0.2, 0.25) is 0 Å². The minimum atomic E-state index is 0.740. The van der Waals surface area contributed by atoms with Gasteiger partial charge in [0.2, 0.25) is 0 Å². The van der Waals surface area contributed by atoms with Crippen LogP contribution in [0.3, 0.4) is 0 Å². The first-order chi connectivity index (χ1) is 9.25. The summed E-state index contributed by atoms with van der Waals surface area (Å²) < 4.78 is 0. The summed E-state index contributed by atoms with van der Waals surface area (Å²) in [5, 5.41) is 3.54. The van der Waals surface area contributed by atoms with Gasteiger partial charge in [0.15, 0.2) is 0 Å². The van der Waals surface area contributed by atoms with E-state index in [0.717, 1.165) is 18.5 Å². The third-order valence-corrected chi connectivity index (χ3v) is 3.97. The van der Waals surface area contributed by atoms with Crippen LogP contribution in [0.5, 0.6) is 0 Å². The molecule has 0 aliphatic carbocycles. The molecule has 1 aliphatic rings. The Balaban J connectivity index is 1.76. The van der Waals surface area contributed by atoms with E-state index in [4.69, 9.17) is 0 Å². The van der Waals surface area contributed by atoms with Crippen LogP contribution < -0.4 is 5.32 Å². The zero-order valence-corrected chi connectivity index (χ0v) is 12.4. The Hall–Kier alpha value is -0.860. The normalized spacial score (nSPS) is 20.9. The third-order valence-electron chi connectivity index (χ3n) is 3.97. The van der Waals surface area contributed by atoms with Gasteiger partial charge in [-0.3, -0.25) is 4.90 Å². The lowest BCUT2D eigenvalue weighted by molar-refractivity contribution is 0.140. The Morgan fingerprint density at radius 3 is 2.79 bits per heavy atom. The third kappa shape index (κ3) is 4.96. The molecule has 0 bridgehead atoms. The number of hydrogen-bond donors (Lipinski definition) is 1. The number of aryl methyl sites for hydroxylation is 1. The van der Waals surface area contributed by atoms with Gasteiger partial charge >= 0.3 is 0 Å². The Labute approximate surface area is 118 Å². The molecule has 1 heterocycles.